The van der Waals surface area contributed by atoms with Crippen molar-refractivity contribution in [3.63, 3.8) is 0 Å². The quantitative estimate of drug-likeness (QED) is 0.668. The van der Waals surface area contributed by atoms with E-state index >= 15 is 0 Å². The Labute approximate surface area is 105 Å². The summed E-state index contributed by atoms with van der Waals surface area (Å²) in [5.41, 5.74) is 1.78. The number of ether oxygens (including phenoxy) is 1. The zero-order chi connectivity index (χ0) is 12.9. The van der Waals surface area contributed by atoms with Crippen LogP contribution in [0.25, 0.3) is 11.0 Å². The second-order valence-corrected chi connectivity index (χ2v) is 5.51. The van der Waals surface area contributed by atoms with Crippen LogP contribution in [0.4, 0.5) is 0 Å². The molecule has 0 N–H and O–H groups in total. The van der Waals surface area contributed by atoms with Crippen LogP contribution in [0.15, 0.2) is 27.4 Å². The fourth-order valence-corrected chi connectivity index (χ4v) is 2.46. The van der Waals surface area contributed by atoms with E-state index < -0.39 is 0 Å². The fourth-order valence-electron chi connectivity index (χ4n) is 2.46. The van der Waals surface area contributed by atoms with Crippen LogP contribution in [-0.2, 0) is 6.42 Å². The molecule has 0 aliphatic carbocycles. The summed E-state index contributed by atoms with van der Waals surface area (Å²) in [5.74, 6) is 0.709. The molecule has 0 unspecified atom stereocenters. The highest BCUT2D eigenvalue weighted by atomic mass is 16.5. The van der Waals surface area contributed by atoms with E-state index in [1.54, 1.807) is 0 Å². The first-order valence-corrected chi connectivity index (χ1v) is 6.22. The molecule has 0 fully saturated rings. The molecule has 1 aliphatic rings. The van der Waals surface area contributed by atoms with Gasteiger partial charge < -0.3 is 9.15 Å². The summed E-state index contributed by atoms with van der Waals surface area (Å²) in [7, 11) is 0. The zero-order valence-electron chi connectivity index (χ0n) is 10.9. The molecule has 0 radical (unpaired) electrons. The molecule has 18 heavy (non-hydrogen) atoms. The maximum Gasteiger partial charge on any atom is 0.343 e. The first-order chi connectivity index (χ1) is 8.48. The van der Waals surface area contributed by atoms with E-state index in [1.165, 1.54) is 0 Å². The normalized spacial score (nSPS) is 17.3. The summed E-state index contributed by atoms with van der Waals surface area (Å²) >= 11 is 0. The highest BCUT2D eigenvalue weighted by Gasteiger charge is 2.30. The Bertz CT molecular complexity index is 680. The minimum atomic E-state index is -0.262. The number of hydrogen-bond acceptors (Lipinski definition) is 3. The Morgan fingerprint density at radius 2 is 2.06 bits per heavy atom. The van der Waals surface area contributed by atoms with Crippen LogP contribution in [-0.4, -0.2) is 5.60 Å². The third-order valence-electron chi connectivity index (χ3n) is 3.53. The van der Waals surface area contributed by atoms with Crippen LogP contribution in [0.2, 0.25) is 0 Å². The van der Waals surface area contributed by atoms with Crippen molar-refractivity contribution in [2.45, 2.75) is 39.2 Å². The molecule has 0 saturated heterocycles. The second kappa shape index (κ2) is 3.61. The van der Waals surface area contributed by atoms with Gasteiger partial charge in [-0.2, -0.15) is 0 Å². The third-order valence-corrected chi connectivity index (χ3v) is 3.53. The van der Waals surface area contributed by atoms with Crippen molar-refractivity contribution in [3.8, 4) is 5.75 Å². The molecule has 0 bridgehead atoms. The monoisotopic (exact) mass is 244 g/mol. The lowest BCUT2D eigenvalue weighted by Crippen LogP contribution is -2.34. The van der Waals surface area contributed by atoms with Crippen LogP contribution in [0.1, 0.15) is 31.4 Å². The molecule has 0 saturated carbocycles. The lowest BCUT2D eigenvalue weighted by atomic mass is 9.94. The van der Waals surface area contributed by atoms with Gasteiger partial charge in [0.1, 0.15) is 16.9 Å². The van der Waals surface area contributed by atoms with E-state index in [1.807, 2.05) is 39.0 Å². The molecule has 1 aliphatic heterocycles. The van der Waals surface area contributed by atoms with E-state index in [0.717, 1.165) is 17.4 Å². The average molecular weight is 244 g/mol. The Morgan fingerprint density at radius 3 is 2.83 bits per heavy atom. The predicted molar refractivity (Wildman–Crippen MR) is 70.2 cm³/mol. The van der Waals surface area contributed by atoms with Crippen LogP contribution >= 0.6 is 0 Å². The standard InChI is InChI=1S/C15H16O3/c1-9-5-4-6-10-12(9)17-14(16)11-7-8-15(2,3)18-13(10)11/h4-6H,7-8H2,1-3H3. The molecule has 0 atom stereocenters. The smallest absolute Gasteiger partial charge is 0.343 e. The van der Waals surface area contributed by atoms with Crippen molar-refractivity contribution in [2.75, 3.05) is 0 Å². The van der Waals surface area contributed by atoms with Crippen molar-refractivity contribution >= 4 is 11.0 Å². The lowest BCUT2D eigenvalue weighted by molar-refractivity contribution is 0.0851. The molecule has 0 amide bonds. The van der Waals surface area contributed by atoms with Crippen LogP contribution in [0, 0.1) is 6.92 Å². The number of aryl methyl sites for hydroxylation is 1. The maximum atomic E-state index is 12.0. The number of benzene rings is 1. The molecular weight excluding hydrogens is 228 g/mol. The number of rotatable bonds is 0. The topological polar surface area (TPSA) is 39.4 Å². The molecule has 3 nitrogen and oxygen atoms in total. The molecule has 2 aromatic rings. The molecular formula is C15H16O3. The molecule has 2 heterocycles. The minimum Gasteiger partial charge on any atom is -0.487 e. The first kappa shape index (κ1) is 11.3. The second-order valence-electron chi connectivity index (χ2n) is 5.51. The van der Waals surface area contributed by atoms with Gasteiger partial charge in [0.2, 0.25) is 0 Å². The summed E-state index contributed by atoms with van der Waals surface area (Å²) in [4.78, 5) is 12.0. The van der Waals surface area contributed by atoms with Gasteiger partial charge in [-0.3, -0.25) is 0 Å². The van der Waals surface area contributed by atoms with Gasteiger partial charge in [0.05, 0.1) is 10.9 Å². The van der Waals surface area contributed by atoms with Crippen molar-refractivity contribution in [2.24, 2.45) is 0 Å². The molecule has 0 spiro atoms. The Balaban J connectivity index is 2.38. The molecule has 1 aromatic heterocycles. The van der Waals surface area contributed by atoms with Gasteiger partial charge in [-0.15, -0.1) is 0 Å². The van der Waals surface area contributed by atoms with Crippen molar-refractivity contribution in [1.82, 2.24) is 0 Å². The van der Waals surface area contributed by atoms with E-state index in [-0.39, 0.29) is 11.2 Å². The van der Waals surface area contributed by atoms with Crippen LogP contribution in [0.3, 0.4) is 0 Å². The van der Waals surface area contributed by atoms with Gasteiger partial charge in [-0.05, 0) is 45.2 Å². The van der Waals surface area contributed by atoms with E-state index in [9.17, 15) is 4.79 Å². The first-order valence-electron chi connectivity index (χ1n) is 6.22. The number of fused-ring (bicyclic) bond motifs is 3. The van der Waals surface area contributed by atoms with Crippen molar-refractivity contribution in [3.05, 3.63) is 39.7 Å². The Morgan fingerprint density at radius 1 is 1.28 bits per heavy atom. The van der Waals surface area contributed by atoms with Gasteiger partial charge in [-0.1, -0.05) is 12.1 Å². The highest BCUT2D eigenvalue weighted by molar-refractivity contribution is 5.87. The van der Waals surface area contributed by atoms with Gasteiger partial charge >= 0.3 is 5.63 Å². The molecule has 3 heteroatoms. The number of para-hydroxylation sites is 1. The summed E-state index contributed by atoms with van der Waals surface area (Å²) in [6.07, 6.45) is 1.55. The highest BCUT2D eigenvalue weighted by Crippen LogP contribution is 2.37. The predicted octanol–water partition coefficient (Wildman–Crippen LogP) is 3.21. The van der Waals surface area contributed by atoms with Crippen LogP contribution < -0.4 is 10.4 Å². The molecule has 94 valence electrons. The Kier molecular flexibility index (Phi) is 2.27. The van der Waals surface area contributed by atoms with Gasteiger partial charge in [0.15, 0.2) is 0 Å². The largest absolute Gasteiger partial charge is 0.487 e. The van der Waals surface area contributed by atoms with Crippen molar-refractivity contribution in [1.29, 1.82) is 0 Å². The summed E-state index contributed by atoms with van der Waals surface area (Å²) in [6, 6.07) is 5.85. The van der Waals surface area contributed by atoms with Crippen molar-refractivity contribution < 1.29 is 9.15 Å². The van der Waals surface area contributed by atoms with Gasteiger partial charge in [0, 0.05) is 0 Å². The summed E-state index contributed by atoms with van der Waals surface area (Å²) in [5, 5.41) is 0.900. The third kappa shape index (κ3) is 1.62. The van der Waals surface area contributed by atoms with E-state index in [4.69, 9.17) is 9.15 Å². The fraction of sp³-hybridized carbons (Fsp3) is 0.400. The average Bonchev–Trinajstić information content (AvgIpc) is 2.29. The summed E-state index contributed by atoms with van der Waals surface area (Å²) in [6.45, 7) is 6.03. The van der Waals surface area contributed by atoms with Gasteiger partial charge in [0.25, 0.3) is 0 Å². The summed E-state index contributed by atoms with van der Waals surface area (Å²) < 4.78 is 11.4. The number of hydrogen-bond donors (Lipinski definition) is 0. The van der Waals surface area contributed by atoms with Gasteiger partial charge in [-0.25, -0.2) is 4.79 Å². The van der Waals surface area contributed by atoms with E-state index in [2.05, 4.69) is 0 Å². The van der Waals surface area contributed by atoms with Crippen LogP contribution in [0.5, 0.6) is 5.75 Å². The minimum absolute atomic E-state index is 0.225. The SMILES string of the molecule is Cc1cccc2c3c(c(=O)oc12)CCC(C)(C)O3. The molecule has 3 rings (SSSR count). The zero-order valence-corrected chi connectivity index (χ0v) is 10.9. The lowest BCUT2D eigenvalue weighted by Gasteiger charge is -2.32. The maximum absolute atomic E-state index is 12.0. The van der Waals surface area contributed by atoms with E-state index in [0.29, 0.717) is 23.3 Å². The Hall–Kier alpha value is -1.77. The molecule has 1 aromatic carbocycles.